The Balaban J connectivity index is 1.99. The first kappa shape index (κ1) is 19.4. The maximum Gasteiger partial charge on any atom is 0.276 e. The van der Waals surface area contributed by atoms with Crippen LogP contribution >= 0.6 is 0 Å². The minimum atomic E-state index is -0.398. The fourth-order valence-electron chi connectivity index (χ4n) is 2.94. The third kappa shape index (κ3) is 3.83. The third-order valence-corrected chi connectivity index (χ3v) is 4.18. The van der Waals surface area contributed by atoms with Crippen molar-refractivity contribution in [1.82, 2.24) is 9.78 Å². The zero-order valence-electron chi connectivity index (χ0n) is 16.2. The molecule has 0 atom stereocenters. The van der Waals surface area contributed by atoms with E-state index in [9.17, 15) is 9.59 Å². The molecular weight excluding hydrogens is 358 g/mol. The molecule has 7 heteroatoms. The molecule has 0 aliphatic rings. The van der Waals surface area contributed by atoms with Gasteiger partial charge in [-0.3, -0.25) is 9.59 Å². The fraction of sp³-hybridized carbons (Fsp3) is 0.286. The summed E-state index contributed by atoms with van der Waals surface area (Å²) in [7, 11) is 0. The van der Waals surface area contributed by atoms with E-state index in [4.69, 9.17) is 9.47 Å². The maximum atomic E-state index is 12.9. The number of amides is 1. The highest BCUT2D eigenvalue weighted by Gasteiger charge is 2.17. The molecule has 2 aromatic carbocycles. The molecule has 7 nitrogen and oxygen atoms in total. The van der Waals surface area contributed by atoms with E-state index in [0.29, 0.717) is 47.7 Å². The summed E-state index contributed by atoms with van der Waals surface area (Å²) in [6, 6.07) is 12.2. The van der Waals surface area contributed by atoms with Crippen LogP contribution in [0.4, 0.5) is 5.69 Å². The van der Waals surface area contributed by atoms with E-state index in [1.165, 1.54) is 4.68 Å². The van der Waals surface area contributed by atoms with Gasteiger partial charge in [0, 0.05) is 23.7 Å². The van der Waals surface area contributed by atoms with Gasteiger partial charge in [-0.1, -0.05) is 18.2 Å². The summed E-state index contributed by atoms with van der Waals surface area (Å²) in [6.45, 7) is 6.95. The number of anilines is 1. The smallest absolute Gasteiger partial charge is 0.276 e. The van der Waals surface area contributed by atoms with Gasteiger partial charge in [0.05, 0.1) is 18.6 Å². The van der Waals surface area contributed by atoms with Crippen LogP contribution in [0.2, 0.25) is 0 Å². The number of hydrogen-bond acceptors (Lipinski definition) is 5. The summed E-state index contributed by atoms with van der Waals surface area (Å²) >= 11 is 0. The number of carbonyl (C=O) groups excluding carboxylic acids is 1. The van der Waals surface area contributed by atoms with Crippen molar-refractivity contribution in [2.75, 3.05) is 18.5 Å². The molecule has 0 aliphatic heterocycles. The van der Waals surface area contributed by atoms with E-state index in [1.54, 1.807) is 42.5 Å². The minimum absolute atomic E-state index is 0.198. The van der Waals surface area contributed by atoms with Gasteiger partial charge < -0.3 is 14.8 Å². The van der Waals surface area contributed by atoms with Gasteiger partial charge in [0.1, 0.15) is 0 Å². The van der Waals surface area contributed by atoms with Gasteiger partial charge in [-0.05, 0) is 39.0 Å². The first-order chi connectivity index (χ1) is 13.6. The molecule has 0 saturated carbocycles. The van der Waals surface area contributed by atoms with Crippen molar-refractivity contribution in [2.45, 2.75) is 27.3 Å². The van der Waals surface area contributed by atoms with E-state index in [1.807, 2.05) is 20.8 Å². The Bertz CT molecular complexity index is 1060. The quantitative estimate of drug-likeness (QED) is 0.678. The van der Waals surface area contributed by atoms with Gasteiger partial charge in [-0.2, -0.15) is 5.10 Å². The fourth-order valence-corrected chi connectivity index (χ4v) is 2.94. The SMILES string of the molecule is CCOc1ccc(NC(=O)c2nn(CC)c(=O)c3ccccc23)cc1OCC. The van der Waals surface area contributed by atoms with Crippen molar-refractivity contribution in [3.63, 3.8) is 0 Å². The molecule has 1 amide bonds. The summed E-state index contributed by atoms with van der Waals surface area (Å²) in [5.74, 6) is 0.772. The van der Waals surface area contributed by atoms with Crippen molar-refractivity contribution >= 4 is 22.4 Å². The van der Waals surface area contributed by atoms with E-state index < -0.39 is 5.91 Å². The van der Waals surface area contributed by atoms with Gasteiger partial charge >= 0.3 is 0 Å². The number of hydrogen-bond donors (Lipinski definition) is 1. The number of rotatable bonds is 7. The molecule has 0 aliphatic carbocycles. The van der Waals surface area contributed by atoms with E-state index in [0.717, 1.165) is 0 Å². The normalized spacial score (nSPS) is 10.7. The molecule has 28 heavy (non-hydrogen) atoms. The van der Waals surface area contributed by atoms with Crippen molar-refractivity contribution in [3.05, 3.63) is 58.5 Å². The van der Waals surface area contributed by atoms with Crippen molar-refractivity contribution < 1.29 is 14.3 Å². The highest BCUT2D eigenvalue weighted by molar-refractivity contribution is 6.11. The predicted octanol–water partition coefficient (Wildman–Crippen LogP) is 3.47. The highest BCUT2D eigenvalue weighted by atomic mass is 16.5. The second kappa shape index (κ2) is 8.56. The second-order valence-corrected chi connectivity index (χ2v) is 6.00. The van der Waals surface area contributed by atoms with Gasteiger partial charge in [0.15, 0.2) is 17.2 Å². The van der Waals surface area contributed by atoms with Gasteiger partial charge in [-0.25, -0.2) is 4.68 Å². The van der Waals surface area contributed by atoms with Gasteiger partial charge in [-0.15, -0.1) is 0 Å². The number of fused-ring (bicyclic) bond motifs is 1. The third-order valence-electron chi connectivity index (χ3n) is 4.18. The molecule has 1 aromatic heterocycles. The summed E-state index contributed by atoms with van der Waals surface area (Å²) in [5, 5.41) is 8.08. The average molecular weight is 381 g/mol. The average Bonchev–Trinajstić information content (AvgIpc) is 2.70. The molecule has 3 aromatic rings. The Hall–Kier alpha value is -3.35. The lowest BCUT2D eigenvalue weighted by atomic mass is 10.1. The van der Waals surface area contributed by atoms with Crippen LogP contribution in [0.3, 0.4) is 0 Å². The van der Waals surface area contributed by atoms with Crippen molar-refractivity contribution in [1.29, 1.82) is 0 Å². The van der Waals surface area contributed by atoms with Crippen LogP contribution in [0.1, 0.15) is 31.3 Å². The number of aromatic nitrogens is 2. The van der Waals surface area contributed by atoms with E-state index in [-0.39, 0.29) is 11.3 Å². The Morgan fingerprint density at radius 3 is 2.36 bits per heavy atom. The summed E-state index contributed by atoms with van der Waals surface area (Å²) in [6.07, 6.45) is 0. The topological polar surface area (TPSA) is 82.5 Å². The monoisotopic (exact) mass is 381 g/mol. The molecule has 0 saturated heterocycles. The number of benzene rings is 2. The van der Waals surface area contributed by atoms with Crippen LogP contribution in [0.5, 0.6) is 11.5 Å². The zero-order chi connectivity index (χ0) is 20.1. The number of ether oxygens (including phenoxy) is 2. The van der Waals surface area contributed by atoms with E-state index >= 15 is 0 Å². The van der Waals surface area contributed by atoms with Crippen LogP contribution in [0.25, 0.3) is 10.8 Å². The zero-order valence-corrected chi connectivity index (χ0v) is 16.2. The Kier molecular flexibility index (Phi) is 5.93. The number of carbonyl (C=O) groups is 1. The summed E-state index contributed by atoms with van der Waals surface area (Å²) in [4.78, 5) is 25.4. The standard InChI is InChI=1S/C21H23N3O4/c1-4-24-21(26)16-10-8-7-9-15(16)19(23-24)20(25)22-14-11-12-17(27-5-2)18(13-14)28-6-3/h7-13H,4-6H2,1-3H3,(H,22,25). The Labute approximate surface area is 162 Å². The van der Waals surface area contributed by atoms with Crippen LogP contribution in [0.15, 0.2) is 47.3 Å². The van der Waals surface area contributed by atoms with E-state index in [2.05, 4.69) is 10.4 Å². The van der Waals surface area contributed by atoms with Crippen LogP contribution in [-0.4, -0.2) is 28.9 Å². The molecule has 0 spiro atoms. The van der Waals surface area contributed by atoms with Crippen LogP contribution < -0.4 is 20.3 Å². The number of nitrogens with one attached hydrogen (secondary N) is 1. The first-order valence-electron chi connectivity index (χ1n) is 9.29. The molecule has 146 valence electrons. The predicted molar refractivity (Wildman–Crippen MR) is 108 cm³/mol. The lowest BCUT2D eigenvalue weighted by Crippen LogP contribution is -2.27. The van der Waals surface area contributed by atoms with Crippen LogP contribution in [0, 0.1) is 0 Å². The Morgan fingerprint density at radius 1 is 1.00 bits per heavy atom. The lowest BCUT2D eigenvalue weighted by molar-refractivity contribution is 0.102. The molecule has 3 rings (SSSR count). The second-order valence-electron chi connectivity index (χ2n) is 6.00. The summed E-state index contributed by atoms with van der Waals surface area (Å²) in [5.41, 5.74) is 0.537. The molecular formula is C21H23N3O4. The molecule has 0 fully saturated rings. The number of nitrogens with zero attached hydrogens (tertiary/aromatic N) is 2. The molecule has 1 N–H and O–H groups in total. The largest absolute Gasteiger partial charge is 0.490 e. The maximum absolute atomic E-state index is 12.9. The molecule has 1 heterocycles. The minimum Gasteiger partial charge on any atom is -0.490 e. The van der Waals surface area contributed by atoms with Crippen molar-refractivity contribution in [2.24, 2.45) is 0 Å². The molecule has 0 unspecified atom stereocenters. The Morgan fingerprint density at radius 2 is 1.68 bits per heavy atom. The van der Waals surface area contributed by atoms with Gasteiger partial charge in [0.2, 0.25) is 0 Å². The van der Waals surface area contributed by atoms with Crippen LogP contribution in [-0.2, 0) is 6.54 Å². The molecule has 0 radical (unpaired) electrons. The number of aryl methyl sites for hydroxylation is 1. The lowest BCUT2D eigenvalue weighted by Gasteiger charge is -2.14. The van der Waals surface area contributed by atoms with Crippen molar-refractivity contribution in [3.8, 4) is 11.5 Å². The first-order valence-corrected chi connectivity index (χ1v) is 9.29. The van der Waals surface area contributed by atoms with Gasteiger partial charge in [0.25, 0.3) is 11.5 Å². The summed E-state index contributed by atoms with van der Waals surface area (Å²) < 4.78 is 12.4. The highest BCUT2D eigenvalue weighted by Crippen LogP contribution is 2.31. The molecule has 0 bridgehead atoms.